The van der Waals surface area contributed by atoms with Crippen molar-refractivity contribution in [3.8, 4) is 5.75 Å². The first-order valence-electron chi connectivity index (χ1n) is 14.1. The van der Waals surface area contributed by atoms with Gasteiger partial charge in [-0.15, -0.1) is 0 Å². The average molecular weight is 490 g/mol. The molecule has 2 aromatic rings. The number of aryl methyl sites for hydroxylation is 1. The fraction of sp³-hybridized carbons (Fsp3) is 0.581. The molecule has 1 N–H and O–H groups in total. The third kappa shape index (κ3) is 6.12. The Morgan fingerprint density at radius 3 is 2.42 bits per heavy atom. The van der Waals surface area contributed by atoms with Crippen molar-refractivity contribution in [2.75, 3.05) is 32.8 Å². The Kier molecular flexibility index (Phi) is 8.28. The molecular formula is C31H43N3O2. The van der Waals surface area contributed by atoms with Crippen LogP contribution in [0.5, 0.6) is 5.75 Å². The highest BCUT2D eigenvalue weighted by molar-refractivity contribution is 5.83. The number of hydrogen-bond acceptors (Lipinski definition) is 4. The normalized spacial score (nSPS) is 24.7. The summed E-state index contributed by atoms with van der Waals surface area (Å²) in [5, 5.41) is 3.32. The largest absolute Gasteiger partial charge is 0.491 e. The smallest absolute Gasteiger partial charge is 0.226 e. The van der Waals surface area contributed by atoms with Crippen LogP contribution in [0.1, 0.15) is 63.0 Å². The molecule has 2 saturated heterocycles. The van der Waals surface area contributed by atoms with Crippen LogP contribution >= 0.6 is 0 Å². The summed E-state index contributed by atoms with van der Waals surface area (Å²) in [6.45, 7) is 8.07. The minimum Gasteiger partial charge on any atom is -0.491 e. The fourth-order valence-corrected chi connectivity index (χ4v) is 6.46. The van der Waals surface area contributed by atoms with Crippen LogP contribution in [-0.4, -0.2) is 60.6 Å². The molecule has 2 aromatic carbocycles. The van der Waals surface area contributed by atoms with Gasteiger partial charge in [0.15, 0.2) is 0 Å². The van der Waals surface area contributed by atoms with Crippen LogP contribution in [0, 0.1) is 5.41 Å². The number of rotatable bonds is 3. The van der Waals surface area contributed by atoms with Crippen molar-refractivity contribution in [2.45, 2.75) is 76.9 Å². The first kappa shape index (κ1) is 25.3. The number of amides is 1. The zero-order valence-corrected chi connectivity index (χ0v) is 22.0. The first-order chi connectivity index (χ1) is 17.6. The van der Waals surface area contributed by atoms with E-state index in [9.17, 15) is 4.79 Å². The molecule has 1 amide bonds. The van der Waals surface area contributed by atoms with Gasteiger partial charge in [-0.3, -0.25) is 9.69 Å². The minimum atomic E-state index is -0.225. The predicted octanol–water partition coefficient (Wildman–Crippen LogP) is 5.04. The molecule has 3 heterocycles. The van der Waals surface area contributed by atoms with Crippen molar-refractivity contribution in [1.29, 1.82) is 0 Å². The lowest BCUT2D eigenvalue weighted by molar-refractivity contribution is -0.136. The van der Waals surface area contributed by atoms with Gasteiger partial charge in [0.25, 0.3) is 0 Å². The SMILES string of the molecule is C[C@@H]1COc2ccccc2CCCCC2(CCN(C3CCN(Cc4ccccc4)CC3)CC2)C(=O)N1. The van der Waals surface area contributed by atoms with Crippen LogP contribution in [-0.2, 0) is 17.8 Å². The predicted molar refractivity (Wildman–Crippen MR) is 145 cm³/mol. The third-order valence-corrected chi connectivity index (χ3v) is 8.75. The molecule has 5 rings (SSSR count). The number of para-hydroxylation sites is 1. The highest BCUT2D eigenvalue weighted by atomic mass is 16.5. The number of hydrogen-bond donors (Lipinski definition) is 1. The number of nitrogens with one attached hydrogen (secondary N) is 1. The maximum Gasteiger partial charge on any atom is 0.226 e. The zero-order chi connectivity index (χ0) is 24.8. The number of carbonyl (C=O) groups excluding carboxylic acids is 1. The van der Waals surface area contributed by atoms with Gasteiger partial charge in [-0.1, -0.05) is 55.0 Å². The van der Waals surface area contributed by atoms with E-state index in [2.05, 4.69) is 70.6 Å². The maximum absolute atomic E-state index is 13.6. The van der Waals surface area contributed by atoms with Crippen LogP contribution in [0.4, 0.5) is 0 Å². The number of carbonyl (C=O) groups is 1. The topological polar surface area (TPSA) is 44.8 Å². The second-order valence-electron chi connectivity index (χ2n) is 11.3. The van der Waals surface area contributed by atoms with Crippen LogP contribution in [0.2, 0.25) is 0 Å². The van der Waals surface area contributed by atoms with Crippen molar-refractivity contribution < 1.29 is 9.53 Å². The Balaban J connectivity index is 1.16. The highest BCUT2D eigenvalue weighted by Crippen LogP contribution is 2.39. The summed E-state index contributed by atoms with van der Waals surface area (Å²) in [4.78, 5) is 18.9. The minimum absolute atomic E-state index is 0.00818. The van der Waals surface area contributed by atoms with E-state index < -0.39 is 0 Å². The second kappa shape index (κ2) is 11.8. The molecule has 5 heteroatoms. The summed E-state index contributed by atoms with van der Waals surface area (Å²) in [6, 6.07) is 19.9. The lowest BCUT2D eigenvalue weighted by Crippen LogP contribution is -2.54. The molecule has 3 aliphatic rings. The Morgan fingerprint density at radius 1 is 0.917 bits per heavy atom. The van der Waals surface area contributed by atoms with E-state index in [1.165, 1.54) is 37.1 Å². The van der Waals surface area contributed by atoms with Crippen LogP contribution in [0.3, 0.4) is 0 Å². The third-order valence-electron chi connectivity index (χ3n) is 8.75. The second-order valence-corrected chi connectivity index (χ2v) is 11.3. The van der Waals surface area contributed by atoms with E-state index in [0.717, 1.165) is 63.9 Å². The Morgan fingerprint density at radius 2 is 1.64 bits per heavy atom. The van der Waals surface area contributed by atoms with E-state index in [-0.39, 0.29) is 17.4 Å². The van der Waals surface area contributed by atoms with Crippen LogP contribution < -0.4 is 10.1 Å². The molecule has 0 bridgehead atoms. The van der Waals surface area contributed by atoms with E-state index in [4.69, 9.17) is 4.74 Å². The number of nitrogens with zero attached hydrogens (tertiary/aromatic N) is 2. The molecular weight excluding hydrogens is 446 g/mol. The average Bonchev–Trinajstić information content (AvgIpc) is 2.91. The zero-order valence-electron chi connectivity index (χ0n) is 22.0. The number of benzene rings is 2. The molecule has 1 atom stereocenters. The quantitative estimate of drug-likeness (QED) is 0.656. The summed E-state index contributed by atoms with van der Waals surface area (Å²) in [6.07, 6.45) is 8.65. The molecule has 36 heavy (non-hydrogen) atoms. The standard InChI is InChI=1S/C31H43N3O2/c1-25-24-36-29-13-6-5-11-27(29)12-7-8-16-31(30(35)32-25)17-21-34(22-18-31)28-14-19-33(20-15-28)23-26-9-3-2-4-10-26/h2-6,9-11,13,25,28H,7-8,12,14-24H2,1H3,(H,32,35)/t25-/m1/s1. The van der Waals surface area contributed by atoms with Gasteiger partial charge in [-0.05, 0) is 95.2 Å². The van der Waals surface area contributed by atoms with Gasteiger partial charge in [0.1, 0.15) is 12.4 Å². The lowest BCUT2D eigenvalue weighted by atomic mass is 9.73. The summed E-state index contributed by atoms with van der Waals surface area (Å²) in [5.41, 5.74) is 2.48. The number of ether oxygens (including phenoxy) is 1. The van der Waals surface area contributed by atoms with E-state index in [1.54, 1.807) is 0 Å². The maximum atomic E-state index is 13.6. The van der Waals surface area contributed by atoms with E-state index in [1.807, 2.05) is 6.07 Å². The number of likely N-dealkylation sites (tertiary alicyclic amines) is 2. The van der Waals surface area contributed by atoms with Gasteiger partial charge in [-0.25, -0.2) is 0 Å². The van der Waals surface area contributed by atoms with Gasteiger partial charge in [0.05, 0.1) is 11.5 Å². The van der Waals surface area contributed by atoms with E-state index in [0.29, 0.717) is 12.6 Å². The van der Waals surface area contributed by atoms with Gasteiger partial charge < -0.3 is 15.0 Å². The molecule has 0 aromatic heterocycles. The lowest BCUT2D eigenvalue weighted by Gasteiger charge is -2.46. The van der Waals surface area contributed by atoms with Crippen LogP contribution in [0.15, 0.2) is 54.6 Å². The van der Waals surface area contributed by atoms with Crippen molar-refractivity contribution in [3.05, 3.63) is 65.7 Å². The molecule has 0 saturated carbocycles. The molecule has 194 valence electrons. The van der Waals surface area contributed by atoms with Gasteiger partial charge in [-0.2, -0.15) is 0 Å². The molecule has 3 aliphatic heterocycles. The molecule has 0 aliphatic carbocycles. The van der Waals surface area contributed by atoms with Crippen molar-refractivity contribution in [1.82, 2.24) is 15.1 Å². The molecule has 1 spiro atoms. The Bertz CT molecular complexity index is 978. The fourth-order valence-electron chi connectivity index (χ4n) is 6.46. The summed E-state index contributed by atoms with van der Waals surface area (Å²) >= 11 is 0. The molecule has 2 fully saturated rings. The van der Waals surface area contributed by atoms with Crippen molar-refractivity contribution >= 4 is 5.91 Å². The van der Waals surface area contributed by atoms with Crippen molar-refractivity contribution in [3.63, 3.8) is 0 Å². The van der Waals surface area contributed by atoms with Gasteiger partial charge in [0, 0.05) is 12.6 Å². The highest BCUT2D eigenvalue weighted by Gasteiger charge is 2.42. The van der Waals surface area contributed by atoms with Gasteiger partial charge >= 0.3 is 0 Å². The molecule has 5 nitrogen and oxygen atoms in total. The molecule has 0 unspecified atom stereocenters. The summed E-state index contributed by atoms with van der Waals surface area (Å²) < 4.78 is 6.11. The van der Waals surface area contributed by atoms with E-state index >= 15 is 0 Å². The Labute approximate surface area is 217 Å². The molecule has 0 radical (unpaired) electrons. The van der Waals surface area contributed by atoms with Crippen LogP contribution in [0.25, 0.3) is 0 Å². The Hall–Kier alpha value is -2.37. The van der Waals surface area contributed by atoms with Crippen molar-refractivity contribution in [2.24, 2.45) is 5.41 Å². The first-order valence-corrected chi connectivity index (χ1v) is 14.1. The summed E-state index contributed by atoms with van der Waals surface area (Å²) in [5.74, 6) is 1.22. The summed E-state index contributed by atoms with van der Waals surface area (Å²) in [7, 11) is 0. The number of fused-ring (bicyclic) bond motifs is 1. The number of piperidine rings is 2. The monoisotopic (exact) mass is 489 g/mol. The van der Waals surface area contributed by atoms with Gasteiger partial charge in [0.2, 0.25) is 5.91 Å².